The molecular weight excluding hydrogens is 312 g/mol. The Labute approximate surface area is 151 Å². The maximum Gasteiger partial charge on any atom is 0.119 e. The molecule has 0 bridgehead atoms. The van der Waals surface area contributed by atoms with Gasteiger partial charge in [-0.1, -0.05) is 19.9 Å². The first-order valence-corrected chi connectivity index (χ1v) is 9.97. The minimum absolute atomic E-state index is 0.289. The van der Waals surface area contributed by atoms with Crippen LogP contribution < -0.4 is 4.74 Å². The fourth-order valence-electron chi connectivity index (χ4n) is 6.84. The van der Waals surface area contributed by atoms with Gasteiger partial charge in [-0.3, -0.25) is 0 Å². The zero-order valence-electron chi connectivity index (χ0n) is 15.7. The van der Waals surface area contributed by atoms with Gasteiger partial charge in [0.2, 0.25) is 0 Å². The third kappa shape index (κ3) is 2.12. The second-order valence-corrected chi connectivity index (χ2v) is 9.13. The Morgan fingerprint density at radius 1 is 1.08 bits per heavy atom. The zero-order chi connectivity index (χ0) is 17.2. The first-order chi connectivity index (χ1) is 12.1. The summed E-state index contributed by atoms with van der Waals surface area (Å²) in [7, 11) is 1.77. The molecule has 1 aromatic rings. The van der Waals surface area contributed by atoms with Gasteiger partial charge in [-0.05, 0) is 78.0 Å². The maximum atomic E-state index is 6.25. The monoisotopic (exact) mass is 342 g/mol. The highest BCUT2D eigenvalue weighted by Gasteiger charge is 2.62. The van der Waals surface area contributed by atoms with Crippen LogP contribution in [0.5, 0.6) is 5.75 Å². The molecule has 1 aromatic carbocycles. The van der Waals surface area contributed by atoms with Crippen molar-refractivity contribution in [2.75, 3.05) is 20.3 Å². The molecule has 0 N–H and O–H groups in total. The van der Waals surface area contributed by atoms with Crippen LogP contribution in [0.15, 0.2) is 18.2 Å². The fourth-order valence-corrected chi connectivity index (χ4v) is 6.84. The van der Waals surface area contributed by atoms with Crippen LogP contribution in [0.2, 0.25) is 0 Å². The average Bonchev–Trinajstić information content (AvgIpc) is 2.94. The molecule has 3 heteroatoms. The van der Waals surface area contributed by atoms with Gasteiger partial charge in [-0.15, -0.1) is 0 Å². The van der Waals surface area contributed by atoms with Gasteiger partial charge in [-0.2, -0.15) is 0 Å². The largest absolute Gasteiger partial charge is 0.497 e. The number of ether oxygens (including phenoxy) is 3. The standard InChI is InChI=1S/C22H30O3/c1-21-8-9-22(2)18(13-19-20(22)25-11-10-24-19)17(21)6-4-14-12-15(23-3)5-7-16(14)21/h5,7,12,17-20H,4,6,8-11,13H2,1-3H3/t17-,18-,19?,20?,21+,22-/m0/s1. The summed E-state index contributed by atoms with van der Waals surface area (Å²) in [5, 5.41) is 0. The molecule has 3 fully saturated rings. The molecule has 25 heavy (non-hydrogen) atoms. The van der Waals surface area contributed by atoms with Crippen LogP contribution >= 0.6 is 0 Å². The molecule has 1 aliphatic heterocycles. The van der Waals surface area contributed by atoms with Crippen LogP contribution in [0.1, 0.15) is 50.7 Å². The summed E-state index contributed by atoms with van der Waals surface area (Å²) in [6, 6.07) is 6.77. The molecule has 136 valence electrons. The van der Waals surface area contributed by atoms with Crippen molar-refractivity contribution in [2.45, 2.75) is 63.6 Å². The number of rotatable bonds is 1. The Kier molecular flexibility index (Phi) is 3.53. The number of hydrogen-bond acceptors (Lipinski definition) is 3. The van der Waals surface area contributed by atoms with Gasteiger partial charge in [0.25, 0.3) is 0 Å². The molecule has 6 atom stereocenters. The lowest BCUT2D eigenvalue weighted by molar-refractivity contribution is -0.164. The van der Waals surface area contributed by atoms with Crippen LogP contribution in [0.25, 0.3) is 0 Å². The summed E-state index contributed by atoms with van der Waals surface area (Å²) < 4.78 is 17.8. The maximum absolute atomic E-state index is 6.25. The molecule has 5 rings (SSSR count). The van der Waals surface area contributed by atoms with Crippen molar-refractivity contribution in [1.29, 1.82) is 0 Å². The van der Waals surface area contributed by atoms with Gasteiger partial charge < -0.3 is 14.2 Å². The molecule has 0 aromatic heterocycles. The van der Waals surface area contributed by atoms with Gasteiger partial charge in [0.15, 0.2) is 0 Å². The lowest BCUT2D eigenvalue weighted by atomic mass is 9.49. The highest BCUT2D eigenvalue weighted by Crippen LogP contribution is 2.64. The number of fused-ring (bicyclic) bond motifs is 7. The van der Waals surface area contributed by atoms with Gasteiger partial charge in [0.05, 0.1) is 32.5 Å². The molecule has 3 nitrogen and oxygen atoms in total. The Bertz CT molecular complexity index is 686. The van der Waals surface area contributed by atoms with E-state index in [-0.39, 0.29) is 5.41 Å². The number of hydrogen-bond donors (Lipinski definition) is 0. The van der Waals surface area contributed by atoms with Crippen LogP contribution in [-0.4, -0.2) is 32.5 Å². The minimum atomic E-state index is 0.289. The number of methoxy groups -OCH3 is 1. The quantitative estimate of drug-likeness (QED) is 0.768. The second-order valence-electron chi connectivity index (χ2n) is 9.13. The topological polar surface area (TPSA) is 27.7 Å². The van der Waals surface area contributed by atoms with Gasteiger partial charge in [0.1, 0.15) is 5.75 Å². The molecule has 0 spiro atoms. The van der Waals surface area contributed by atoms with E-state index in [4.69, 9.17) is 14.2 Å². The Balaban J connectivity index is 1.53. The van der Waals surface area contributed by atoms with E-state index in [2.05, 4.69) is 32.0 Å². The van der Waals surface area contributed by atoms with Crippen LogP contribution in [0, 0.1) is 17.3 Å². The highest BCUT2D eigenvalue weighted by atomic mass is 16.6. The lowest BCUT2D eigenvalue weighted by Gasteiger charge is -2.56. The summed E-state index contributed by atoms with van der Waals surface area (Å²) in [5.41, 5.74) is 3.66. The van der Waals surface area contributed by atoms with Gasteiger partial charge in [0, 0.05) is 0 Å². The Morgan fingerprint density at radius 2 is 1.92 bits per heavy atom. The normalized spacial score (nSPS) is 45.1. The summed E-state index contributed by atoms with van der Waals surface area (Å²) in [4.78, 5) is 0. The smallest absolute Gasteiger partial charge is 0.119 e. The fraction of sp³-hybridized carbons (Fsp3) is 0.727. The van der Waals surface area contributed by atoms with E-state index in [0.717, 1.165) is 30.8 Å². The van der Waals surface area contributed by atoms with E-state index in [1.807, 2.05) is 0 Å². The van der Waals surface area contributed by atoms with Crippen molar-refractivity contribution in [3.63, 3.8) is 0 Å². The molecule has 2 unspecified atom stereocenters. The molecule has 0 radical (unpaired) electrons. The van der Waals surface area contributed by atoms with Crippen molar-refractivity contribution in [3.05, 3.63) is 29.3 Å². The summed E-state index contributed by atoms with van der Waals surface area (Å²) in [5.74, 6) is 2.45. The predicted octanol–water partition coefficient (Wildman–Crippen LogP) is 4.12. The van der Waals surface area contributed by atoms with E-state index in [9.17, 15) is 0 Å². The summed E-state index contributed by atoms with van der Waals surface area (Å²) in [6.07, 6.45) is 6.80. The summed E-state index contributed by atoms with van der Waals surface area (Å²) >= 11 is 0. The first kappa shape index (κ1) is 16.1. The van der Waals surface area contributed by atoms with E-state index >= 15 is 0 Å². The Hall–Kier alpha value is -1.06. The Morgan fingerprint density at radius 3 is 2.76 bits per heavy atom. The van der Waals surface area contributed by atoms with Gasteiger partial charge >= 0.3 is 0 Å². The van der Waals surface area contributed by atoms with Crippen molar-refractivity contribution in [2.24, 2.45) is 17.3 Å². The van der Waals surface area contributed by atoms with Crippen molar-refractivity contribution >= 4 is 0 Å². The van der Waals surface area contributed by atoms with E-state index in [1.165, 1.54) is 37.7 Å². The third-order valence-electron chi connectivity index (χ3n) is 8.17. The van der Waals surface area contributed by atoms with Crippen LogP contribution in [0.3, 0.4) is 0 Å². The molecule has 2 saturated carbocycles. The summed E-state index contributed by atoms with van der Waals surface area (Å²) in [6.45, 7) is 6.55. The highest BCUT2D eigenvalue weighted by molar-refractivity contribution is 5.43. The van der Waals surface area contributed by atoms with Gasteiger partial charge in [-0.25, -0.2) is 0 Å². The first-order valence-electron chi connectivity index (χ1n) is 9.97. The minimum Gasteiger partial charge on any atom is -0.497 e. The number of benzene rings is 1. The third-order valence-corrected chi connectivity index (χ3v) is 8.17. The van der Waals surface area contributed by atoms with Crippen LogP contribution in [0.4, 0.5) is 0 Å². The molecule has 1 heterocycles. The van der Waals surface area contributed by atoms with E-state index in [0.29, 0.717) is 17.6 Å². The molecule has 3 aliphatic carbocycles. The van der Waals surface area contributed by atoms with E-state index < -0.39 is 0 Å². The zero-order valence-corrected chi connectivity index (χ0v) is 15.7. The second kappa shape index (κ2) is 5.47. The molecule has 0 amide bonds. The van der Waals surface area contributed by atoms with Crippen molar-refractivity contribution in [1.82, 2.24) is 0 Å². The van der Waals surface area contributed by atoms with E-state index in [1.54, 1.807) is 12.7 Å². The van der Waals surface area contributed by atoms with Crippen molar-refractivity contribution < 1.29 is 14.2 Å². The van der Waals surface area contributed by atoms with Crippen molar-refractivity contribution in [3.8, 4) is 5.75 Å². The SMILES string of the molecule is COc1ccc2c(c1)CC[C@H]1[C@@H]3CC4OCCOC4[C@@]3(C)CC[C@]21C. The molecular formula is C22H30O3. The number of aryl methyl sites for hydroxylation is 1. The van der Waals surface area contributed by atoms with Crippen LogP contribution in [-0.2, 0) is 21.3 Å². The lowest BCUT2D eigenvalue weighted by Crippen LogP contribution is -2.53. The molecule has 1 saturated heterocycles. The average molecular weight is 342 g/mol. The predicted molar refractivity (Wildman–Crippen MR) is 97.1 cm³/mol. The molecule has 4 aliphatic rings.